The summed E-state index contributed by atoms with van der Waals surface area (Å²) in [6, 6.07) is 7.02. The Hall–Kier alpha value is -0.970. The minimum absolute atomic E-state index is 0.0413. The number of hydrogen-bond donors (Lipinski definition) is 1. The molecule has 3 unspecified atom stereocenters. The Morgan fingerprint density at radius 2 is 2.28 bits per heavy atom. The van der Waals surface area contributed by atoms with Crippen molar-refractivity contribution in [3.63, 3.8) is 0 Å². The Bertz CT molecular complexity index is 397. The molecule has 3 atom stereocenters. The van der Waals surface area contributed by atoms with Gasteiger partial charge in [-0.15, -0.1) is 0 Å². The highest BCUT2D eigenvalue weighted by atomic mass is 19.1. The van der Waals surface area contributed by atoms with Crippen LogP contribution in [0.2, 0.25) is 0 Å². The van der Waals surface area contributed by atoms with Crippen LogP contribution in [-0.2, 0) is 4.74 Å². The Morgan fingerprint density at radius 3 is 2.89 bits per heavy atom. The maximum absolute atomic E-state index is 13.4. The van der Waals surface area contributed by atoms with Crippen LogP contribution >= 0.6 is 0 Å². The summed E-state index contributed by atoms with van der Waals surface area (Å²) in [5.74, 6) is -0.209. The molecule has 0 bridgehead atoms. The lowest BCUT2D eigenvalue weighted by atomic mass is 9.97. The first-order chi connectivity index (χ1) is 8.59. The average molecular weight is 252 g/mol. The number of benzene rings is 1. The second kappa shape index (κ2) is 5.78. The summed E-state index contributed by atoms with van der Waals surface area (Å²) in [6.45, 7) is 6.34. The molecule has 1 aliphatic rings. The molecule has 0 aliphatic carbocycles. The van der Waals surface area contributed by atoms with Gasteiger partial charge in [-0.25, -0.2) is 4.39 Å². The largest absolute Gasteiger partial charge is 0.379 e. The van der Waals surface area contributed by atoms with Crippen LogP contribution in [0.1, 0.15) is 25.5 Å². The molecule has 100 valence electrons. The zero-order chi connectivity index (χ0) is 13.1. The third kappa shape index (κ3) is 2.88. The topological polar surface area (TPSA) is 38.5 Å². The predicted molar refractivity (Wildman–Crippen MR) is 69.8 cm³/mol. The fourth-order valence-corrected chi connectivity index (χ4v) is 2.64. The Morgan fingerprint density at radius 1 is 1.50 bits per heavy atom. The highest BCUT2D eigenvalue weighted by Gasteiger charge is 2.30. The highest BCUT2D eigenvalue weighted by Crippen LogP contribution is 2.27. The molecule has 2 rings (SSSR count). The van der Waals surface area contributed by atoms with E-state index in [9.17, 15) is 4.39 Å². The molecule has 0 amide bonds. The van der Waals surface area contributed by atoms with Gasteiger partial charge in [0.25, 0.3) is 0 Å². The van der Waals surface area contributed by atoms with Crippen LogP contribution in [0.5, 0.6) is 0 Å². The molecular formula is C14H21FN2O. The number of halogens is 1. The molecule has 18 heavy (non-hydrogen) atoms. The van der Waals surface area contributed by atoms with E-state index in [0.29, 0.717) is 19.3 Å². The fraction of sp³-hybridized carbons (Fsp3) is 0.571. The number of hydrogen-bond acceptors (Lipinski definition) is 3. The summed E-state index contributed by atoms with van der Waals surface area (Å²) < 4.78 is 18.8. The molecular weight excluding hydrogens is 231 g/mol. The normalized spacial score (nSPS) is 24.8. The Kier molecular flexibility index (Phi) is 4.32. The molecule has 1 fully saturated rings. The summed E-state index contributed by atoms with van der Waals surface area (Å²) in [6.07, 6.45) is 0. The van der Waals surface area contributed by atoms with E-state index in [-0.39, 0.29) is 17.9 Å². The summed E-state index contributed by atoms with van der Waals surface area (Å²) >= 11 is 0. The monoisotopic (exact) mass is 252 g/mol. The molecule has 1 aromatic rings. The van der Waals surface area contributed by atoms with Gasteiger partial charge in [0.05, 0.1) is 19.3 Å². The summed E-state index contributed by atoms with van der Waals surface area (Å²) in [5, 5.41) is 0. The molecule has 1 saturated heterocycles. The molecule has 0 radical (unpaired) electrons. The van der Waals surface area contributed by atoms with Gasteiger partial charge in [-0.2, -0.15) is 0 Å². The van der Waals surface area contributed by atoms with Gasteiger partial charge < -0.3 is 10.5 Å². The van der Waals surface area contributed by atoms with Crippen molar-refractivity contribution in [3.8, 4) is 0 Å². The van der Waals surface area contributed by atoms with Crippen molar-refractivity contribution < 1.29 is 9.13 Å². The lowest BCUT2D eigenvalue weighted by Gasteiger charge is -2.41. The summed E-state index contributed by atoms with van der Waals surface area (Å²) in [4.78, 5) is 2.31. The van der Waals surface area contributed by atoms with E-state index in [4.69, 9.17) is 10.5 Å². The van der Waals surface area contributed by atoms with Crippen LogP contribution in [0, 0.1) is 5.82 Å². The maximum Gasteiger partial charge on any atom is 0.123 e. The van der Waals surface area contributed by atoms with Gasteiger partial charge in [0.15, 0.2) is 0 Å². The number of nitrogens with two attached hydrogens (primary N) is 1. The first-order valence-corrected chi connectivity index (χ1v) is 6.44. The number of nitrogens with zero attached hydrogens (tertiary/aromatic N) is 1. The van der Waals surface area contributed by atoms with Crippen LogP contribution in [-0.4, -0.2) is 36.7 Å². The molecule has 4 heteroatoms. The molecule has 0 saturated carbocycles. The quantitative estimate of drug-likeness (QED) is 0.893. The van der Waals surface area contributed by atoms with Gasteiger partial charge in [-0.1, -0.05) is 12.1 Å². The van der Waals surface area contributed by atoms with Crippen molar-refractivity contribution >= 4 is 0 Å². The number of ether oxygens (including phenoxy) is 1. The second-order valence-electron chi connectivity index (χ2n) is 5.02. The van der Waals surface area contributed by atoms with Gasteiger partial charge in [0.1, 0.15) is 5.82 Å². The van der Waals surface area contributed by atoms with Gasteiger partial charge in [-0.05, 0) is 31.5 Å². The molecule has 2 N–H and O–H groups in total. The van der Waals surface area contributed by atoms with Crippen molar-refractivity contribution in [2.75, 3.05) is 19.8 Å². The Labute approximate surface area is 108 Å². The van der Waals surface area contributed by atoms with E-state index < -0.39 is 0 Å². The third-order valence-electron chi connectivity index (χ3n) is 3.46. The van der Waals surface area contributed by atoms with Crippen LogP contribution in [0.25, 0.3) is 0 Å². The molecule has 1 heterocycles. The van der Waals surface area contributed by atoms with Gasteiger partial charge in [0.2, 0.25) is 0 Å². The minimum Gasteiger partial charge on any atom is -0.379 e. The van der Waals surface area contributed by atoms with Crippen LogP contribution in [0.3, 0.4) is 0 Å². The maximum atomic E-state index is 13.4. The van der Waals surface area contributed by atoms with Crippen molar-refractivity contribution in [3.05, 3.63) is 35.6 Å². The van der Waals surface area contributed by atoms with E-state index in [1.54, 1.807) is 12.1 Å². The zero-order valence-electron chi connectivity index (χ0n) is 11.0. The molecule has 1 aliphatic heterocycles. The van der Waals surface area contributed by atoms with Gasteiger partial charge >= 0.3 is 0 Å². The van der Waals surface area contributed by atoms with Crippen molar-refractivity contribution in [2.45, 2.75) is 32.0 Å². The SMILES string of the molecule is CC(N)C(c1cccc(F)c1)N1CCOCC1C. The lowest BCUT2D eigenvalue weighted by Crippen LogP contribution is -2.50. The van der Waals surface area contributed by atoms with Crippen molar-refractivity contribution in [1.29, 1.82) is 0 Å². The fourth-order valence-electron chi connectivity index (χ4n) is 2.64. The van der Waals surface area contributed by atoms with Gasteiger partial charge in [0, 0.05) is 18.6 Å². The summed E-state index contributed by atoms with van der Waals surface area (Å²) in [5.41, 5.74) is 7.05. The minimum atomic E-state index is -0.209. The number of morpholine rings is 1. The predicted octanol–water partition coefficient (Wildman–Crippen LogP) is 1.93. The number of rotatable bonds is 3. The first-order valence-electron chi connectivity index (χ1n) is 6.44. The standard InChI is InChI=1S/C14H21FN2O/c1-10-9-18-7-6-17(10)14(11(2)16)12-4-3-5-13(15)8-12/h3-5,8,10-11,14H,6-7,9,16H2,1-2H3. The molecule has 0 aromatic heterocycles. The highest BCUT2D eigenvalue weighted by molar-refractivity contribution is 5.22. The lowest BCUT2D eigenvalue weighted by molar-refractivity contribution is -0.0269. The second-order valence-corrected chi connectivity index (χ2v) is 5.02. The van der Waals surface area contributed by atoms with Crippen molar-refractivity contribution in [2.24, 2.45) is 5.73 Å². The van der Waals surface area contributed by atoms with E-state index in [1.165, 1.54) is 6.07 Å². The molecule has 1 aromatic carbocycles. The van der Waals surface area contributed by atoms with Crippen LogP contribution in [0.4, 0.5) is 4.39 Å². The van der Waals surface area contributed by atoms with E-state index in [0.717, 1.165) is 12.1 Å². The first kappa shape index (κ1) is 13.5. The van der Waals surface area contributed by atoms with Crippen molar-refractivity contribution in [1.82, 2.24) is 4.90 Å². The molecule has 3 nitrogen and oxygen atoms in total. The average Bonchev–Trinajstić information content (AvgIpc) is 2.32. The third-order valence-corrected chi connectivity index (χ3v) is 3.46. The zero-order valence-corrected chi connectivity index (χ0v) is 11.0. The molecule has 0 spiro atoms. The smallest absolute Gasteiger partial charge is 0.123 e. The van der Waals surface area contributed by atoms with Gasteiger partial charge in [-0.3, -0.25) is 4.90 Å². The van der Waals surface area contributed by atoms with Crippen LogP contribution in [0.15, 0.2) is 24.3 Å². The summed E-state index contributed by atoms with van der Waals surface area (Å²) in [7, 11) is 0. The van der Waals surface area contributed by atoms with E-state index in [1.807, 2.05) is 13.0 Å². The van der Waals surface area contributed by atoms with E-state index in [2.05, 4.69) is 11.8 Å². The van der Waals surface area contributed by atoms with E-state index >= 15 is 0 Å². The van der Waals surface area contributed by atoms with Crippen LogP contribution < -0.4 is 5.73 Å². The Balaban J connectivity index is 2.27.